The summed E-state index contributed by atoms with van der Waals surface area (Å²) in [4.78, 5) is 5.20. The van der Waals surface area contributed by atoms with Crippen LogP contribution in [0.3, 0.4) is 0 Å². The van der Waals surface area contributed by atoms with E-state index >= 15 is 0 Å². The highest BCUT2D eigenvalue weighted by atomic mass is 16.3. The lowest BCUT2D eigenvalue weighted by Gasteiger charge is -2.37. The molecule has 0 amide bonds. The highest BCUT2D eigenvalue weighted by Crippen LogP contribution is 2.22. The molecule has 1 aromatic rings. The molecule has 1 atom stereocenters. The van der Waals surface area contributed by atoms with Crippen LogP contribution in [-0.4, -0.2) is 42.0 Å². The van der Waals surface area contributed by atoms with Crippen LogP contribution < -0.4 is 0 Å². The maximum atomic E-state index is 5.11. The Hall–Kier alpha value is -0.800. The molecule has 0 aromatic carbocycles. The zero-order valence-corrected chi connectivity index (χ0v) is 9.06. The van der Waals surface area contributed by atoms with Gasteiger partial charge in [0.05, 0.1) is 12.5 Å². The SMILES string of the molecule is c1cc(CN2CCN3CCCC3C2)co1. The van der Waals surface area contributed by atoms with Crippen LogP contribution in [-0.2, 0) is 6.54 Å². The van der Waals surface area contributed by atoms with Crippen molar-refractivity contribution in [3.05, 3.63) is 24.2 Å². The minimum Gasteiger partial charge on any atom is -0.472 e. The average molecular weight is 206 g/mol. The van der Waals surface area contributed by atoms with E-state index in [0.29, 0.717) is 0 Å². The molecule has 2 aliphatic rings. The van der Waals surface area contributed by atoms with Crippen molar-refractivity contribution in [1.82, 2.24) is 9.80 Å². The Balaban J connectivity index is 1.59. The lowest BCUT2D eigenvalue weighted by atomic mass is 10.1. The van der Waals surface area contributed by atoms with Crippen LogP contribution in [0, 0.1) is 0 Å². The van der Waals surface area contributed by atoms with E-state index in [9.17, 15) is 0 Å². The highest BCUT2D eigenvalue weighted by Gasteiger charge is 2.30. The van der Waals surface area contributed by atoms with E-state index in [-0.39, 0.29) is 0 Å². The van der Waals surface area contributed by atoms with Gasteiger partial charge in [-0.05, 0) is 25.5 Å². The molecule has 2 saturated heterocycles. The van der Waals surface area contributed by atoms with Gasteiger partial charge in [-0.15, -0.1) is 0 Å². The molecule has 3 heterocycles. The number of piperazine rings is 1. The minimum absolute atomic E-state index is 0.825. The topological polar surface area (TPSA) is 19.6 Å². The fourth-order valence-corrected chi connectivity index (χ4v) is 2.84. The second kappa shape index (κ2) is 3.99. The van der Waals surface area contributed by atoms with E-state index < -0.39 is 0 Å². The van der Waals surface area contributed by atoms with Gasteiger partial charge in [0.15, 0.2) is 0 Å². The summed E-state index contributed by atoms with van der Waals surface area (Å²) in [6.45, 7) is 6.08. The quantitative estimate of drug-likeness (QED) is 0.732. The molecule has 3 nitrogen and oxygen atoms in total. The van der Waals surface area contributed by atoms with Gasteiger partial charge in [0.2, 0.25) is 0 Å². The van der Waals surface area contributed by atoms with Crippen molar-refractivity contribution in [3.63, 3.8) is 0 Å². The van der Waals surface area contributed by atoms with E-state index in [0.717, 1.165) is 12.6 Å². The van der Waals surface area contributed by atoms with Crippen LogP contribution in [0.15, 0.2) is 23.0 Å². The van der Waals surface area contributed by atoms with Gasteiger partial charge in [0.25, 0.3) is 0 Å². The lowest BCUT2D eigenvalue weighted by Crippen LogP contribution is -2.49. The van der Waals surface area contributed by atoms with Crippen molar-refractivity contribution in [2.24, 2.45) is 0 Å². The van der Waals surface area contributed by atoms with Crippen LogP contribution in [0.5, 0.6) is 0 Å². The van der Waals surface area contributed by atoms with Gasteiger partial charge < -0.3 is 4.42 Å². The molecule has 0 saturated carbocycles. The highest BCUT2D eigenvalue weighted by molar-refractivity contribution is 5.05. The Morgan fingerprint density at radius 1 is 1.33 bits per heavy atom. The van der Waals surface area contributed by atoms with Crippen molar-refractivity contribution in [2.45, 2.75) is 25.4 Å². The molecule has 15 heavy (non-hydrogen) atoms. The predicted molar refractivity (Wildman–Crippen MR) is 58.6 cm³/mol. The van der Waals surface area contributed by atoms with Gasteiger partial charge >= 0.3 is 0 Å². The second-order valence-electron chi connectivity index (χ2n) is 4.70. The first kappa shape index (κ1) is 9.43. The van der Waals surface area contributed by atoms with Crippen LogP contribution >= 0.6 is 0 Å². The molecule has 82 valence electrons. The summed E-state index contributed by atoms with van der Waals surface area (Å²) in [5.41, 5.74) is 1.31. The summed E-state index contributed by atoms with van der Waals surface area (Å²) in [5, 5.41) is 0. The van der Waals surface area contributed by atoms with E-state index in [1.54, 1.807) is 6.26 Å². The fraction of sp³-hybridized carbons (Fsp3) is 0.667. The maximum absolute atomic E-state index is 5.11. The van der Waals surface area contributed by atoms with E-state index in [1.807, 2.05) is 6.26 Å². The fourth-order valence-electron chi connectivity index (χ4n) is 2.84. The third-order valence-electron chi connectivity index (χ3n) is 3.66. The molecule has 3 rings (SSSR count). The van der Waals surface area contributed by atoms with E-state index in [2.05, 4.69) is 15.9 Å². The summed E-state index contributed by atoms with van der Waals surface area (Å²) in [6, 6.07) is 2.90. The summed E-state index contributed by atoms with van der Waals surface area (Å²) in [7, 11) is 0. The first-order chi connectivity index (χ1) is 7.42. The van der Waals surface area contributed by atoms with Gasteiger partial charge in [-0.25, -0.2) is 0 Å². The minimum atomic E-state index is 0.825. The third-order valence-corrected chi connectivity index (χ3v) is 3.66. The summed E-state index contributed by atoms with van der Waals surface area (Å²) in [5.74, 6) is 0. The number of hydrogen-bond acceptors (Lipinski definition) is 3. The van der Waals surface area contributed by atoms with Crippen molar-refractivity contribution in [2.75, 3.05) is 26.2 Å². The van der Waals surface area contributed by atoms with Gasteiger partial charge in [0.1, 0.15) is 0 Å². The molecule has 2 fully saturated rings. The molecule has 1 unspecified atom stereocenters. The molecule has 3 heteroatoms. The molecular weight excluding hydrogens is 188 g/mol. The van der Waals surface area contributed by atoms with Crippen LogP contribution in [0.4, 0.5) is 0 Å². The molecule has 0 bridgehead atoms. The molecule has 0 spiro atoms. The number of fused-ring (bicyclic) bond motifs is 1. The van der Waals surface area contributed by atoms with Crippen molar-refractivity contribution >= 4 is 0 Å². The first-order valence-electron chi connectivity index (χ1n) is 5.89. The standard InChI is InChI=1S/C12H18N2O/c1-2-12-9-13(5-6-14(12)4-1)8-11-3-7-15-10-11/h3,7,10,12H,1-2,4-6,8-9H2. The Morgan fingerprint density at radius 3 is 3.20 bits per heavy atom. The predicted octanol–water partition coefficient (Wildman–Crippen LogP) is 1.56. The van der Waals surface area contributed by atoms with Crippen molar-refractivity contribution < 1.29 is 4.42 Å². The number of rotatable bonds is 2. The summed E-state index contributed by atoms with van der Waals surface area (Å²) >= 11 is 0. The molecule has 1 aromatic heterocycles. The Kier molecular flexibility index (Phi) is 2.51. The summed E-state index contributed by atoms with van der Waals surface area (Å²) < 4.78 is 5.11. The molecule has 0 radical (unpaired) electrons. The Labute approximate surface area is 90.7 Å². The van der Waals surface area contributed by atoms with E-state index in [4.69, 9.17) is 4.42 Å². The normalized spacial score (nSPS) is 28.1. The summed E-state index contributed by atoms with van der Waals surface area (Å²) in [6.07, 6.45) is 6.41. The molecule has 0 aliphatic carbocycles. The average Bonchev–Trinajstić information content (AvgIpc) is 2.87. The van der Waals surface area contributed by atoms with Crippen LogP contribution in [0.2, 0.25) is 0 Å². The molecular formula is C12H18N2O. The van der Waals surface area contributed by atoms with Crippen molar-refractivity contribution in [1.29, 1.82) is 0 Å². The van der Waals surface area contributed by atoms with Gasteiger partial charge in [-0.1, -0.05) is 0 Å². The number of furan rings is 1. The first-order valence-corrected chi connectivity index (χ1v) is 5.89. The molecule has 2 aliphatic heterocycles. The Morgan fingerprint density at radius 2 is 2.33 bits per heavy atom. The molecule has 0 N–H and O–H groups in total. The van der Waals surface area contributed by atoms with Crippen LogP contribution in [0.25, 0.3) is 0 Å². The largest absolute Gasteiger partial charge is 0.472 e. The van der Waals surface area contributed by atoms with E-state index in [1.165, 1.54) is 44.6 Å². The zero-order chi connectivity index (χ0) is 10.1. The lowest BCUT2D eigenvalue weighted by molar-refractivity contribution is 0.0992. The van der Waals surface area contributed by atoms with Gasteiger partial charge in [0, 0.05) is 37.8 Å². The monoisotopic (exact) mass is 206 g/mol. The van der Waals surface area contributed by atoms with Crippen molar-refractivity contribution in [3.8, 4) is 0 Å². The van der Waals surface area contributed by atoms with Gasteiger partial charge in [-0.3, -0.25) is 9.80 Å². The maximum Gasteiger partial charge on any atom is 0.0947 e. The second-order valence-corrected chi connectivity index (χ2v) is 4.70. The number of hydrogen-bond donors (Lipinski definition) is 0. The Bertz CT molecular complexity index is 309. The number of nitrogens with zero attached hydrogens (tertiary/aromatic N) is 2. The van der Waals surface area contributed by atoms with Crippen LogP contribution in [0.1, 0.15) is 18.4 Å². The van der Waals surface area contributed by atoms with Gasteiger partial charge in [-0.2, -0.15) is 0 Å². The third kappa shape index (κ3) is 1.94. The zero-order valence-electron chi connectivity index (χ0n) is 9.06. The smallest absolute Gasteiger partial charge is 0.0947 e.